The Labute approximate surface area is 166 Å². The highest BCUT2D eigenvalue weighted by atomic mass is 79.9. The minimum atomic E-state index is -0.357. The van der Waals surface area contributed by atoms with Crippen LogP contribution < -0.4 is 14.9 Å². The molecule has 1 amide bonds. The van der Waals surface area contributed by atoms with E-state index in [1.165, 1.54) is 6.21 Å². The SMILES string of the molecule is CC[C@H](C)Oc1ccc(/C=N/NC(=O)COc2cccc(Br)c2)cc1Cl. The monoisotopic (exact) mass is 438 g/mol. The van der Waals surface area contributed by atoms with Gasteiger partial charge in [0.05, 0.1) is 17.3 Å². The summed E-state index contributed by atoms with van der Waals surface area (Å²) >= 11 is 9.55. The molecule has 1 atom stereocenters. The highest BCUT2D eigenvalue weighted by molar-refractivity contribution is 9.10. The van der Waals surface area contributed by atoms with Gasteiger partial charge in [0.1, 0.15) is 11.5 Å². The average Bonchev–Trinajstić information content (AvgIpc) is 2.62. The van der Waals surface area contributed by atoms with E-state index in [0.717, 1.165) is 16.5 Å². The number of carbonyl (C=O) groups excluding carboxylic acids is 1. The highest BCUT2D eigenvalue weighted by Crippen LogP contribution is 2.26. The summed E-state index contributed by atoms with van der Waals surface area (Å²) in [4.78, 5) is 11.8. The maximum atomic E-state index is 11.8. The van der Waals surface area contributed by atoms with Crippen LogP contribution in [-0.4, -0.2) is 24.8 Å². The summed E-state index contributed by atoms with van der Waals surface area (Å²) in [5, 5.41) is 4.40. The van der Waals surface area contributed by atoms with E-state index >= 15 is 0 Å². The van der Waals surface area contributed by atoms with E-state index in [9.17, 15) is 4.79 Å². The van der Waals surface area contributed by atoms with Crippen molar-refractivity contribution >= 4 is 39.7 Å². The van der Waals surface area contributed by atoms with Gasteiger partial charge in [-0.15, -0.1) is 0 Å². The summed E-state index contributed by atoms with van der Waals surface area (Å²) in [6, 6.07) is 12.6. The number of hydrogen-bond donors (Lipinski definition) is 1. The van der Waals surface area contributed by atoms with Crippen molar-refractivity contribution in [2.45, 2.75) is 26.4 Å². The third kappa shape index (κ3) is 6.69. The molecule has 2 aromatic rings. The third-order valence-electron chi connectivity index (χ3n) is 3.43. The largest absolute Gasteiger partial charge is 0.489 e. The molecule has 0 heterocycles. The van der Waals surface area contributed by atoms with Crippen LogP contribution in [0.3, 0.4) is 0 Å². The fraction of sp³-hybridized carbons (Fsp3) is 0.263. The molecule has 0 spiro atoms. The van der Waals surface area contributed by atoms with E-state index in [-0.39, 0.29) is 18.6 Å². The van der Waals surface area contributed by atoms with Crippen LogP contribution in [0.1, 0.15) is 25.8 Å². The van der Waals surface area contributed by atoms with Crippen molar-refractivity contribution in [2.24, 2.45) is 5.10 Å². The molecule has 2 aromatic carbocycles. The van der Waals surface area contributed by atoms with Gasteiger partial charge >= 0.3 is 0 Å². The molecule has 138 valence electrons. The summed E-state index contributed by atoms with van der Waals surface area (Å²) in [7, 11) is 0. The van der Waals surface area contributed by atoms with E-state index in [2.05, 4.69) is 26.5 Å². The number of ether oxygens (including phenoxy) is 2. The molecule has 7 heteroatoms. The van der Waals surface area contributed by atoms with Crippen molar-refractivity contribution in [3.8, 4) is 11.5 Å². The fourth-order valence-corrected chi connectivity index (χ4v) is 2.52. The minimum absolute atomic E-state index is 0.0940. The Hall–Kier alpha value is -2.05. The van der Waals surface area contributed by atoms with E-state index in [1.54, 1.807) is 24.3 Å². The Morgan fingerprint density at radius 3 is 2.85 bits per heavy atom. The van der Waals surface area contributed by atoms with Gasteiger partial charge in [0.25, 0.3) is 5.91 Å². The lowest BCUT2D eigenvalue weighted by Gasteiger charge is -2.13. The second-order valence-corrected chi connectivity index (χ2v) is 6.89. The fourth-order valence-electron chi connectivity index (χ4n) is 1.91. The first-order valence-electron chi connectivity index (χ1n) is 8.14. The van der Waals surface area contributed by atoms with E-state index in [1.807, 2.05) is 32.0 Å². The van der Waals surface area contributed by atoms with Gasteiger partial charge in [-0.05, 0) is 55.3 Å². The normalized spacial score (nSPS) is 12.0. The standard InChI is InChI=1S/C19H20BrClN2O3/c1-3-13(2)26-18-8-7-14(9-17(18)21)11-22-23-19(24)12-25-16-6-4-5-15(20)10-16/h4-11,13H,3,12H2,1-2H3,(H,23,24)/b22-11+/t13-/m0/s1. The molecule has 1 N–H and O–H groups in total. The first kappa shape index (κ1) is 20.3. The van der Waals surface area contributed by atoms with Gasteiger partial charge in [0, 0.05) is 4.47 Å². The lowest BCUT2D eigenvalue weighted by molar-refractivity contribution is -0.123. The molecule has 0 fully saturated rings. The van der Waals surface area contributed by atoms with E-state index in [4.69, 9.17) is 21.1 Å². The molecule has 0 aliphatic rings. The van der Waals surface area contributed by atoms with Crippen LogP contribution in [-0.2, 0) is 4.79 Å². The van der Waals surface area contributed by atoms with Crippen LogP contribution in [0, 0.1) is 0 Å². The molecule has 5 nitrogen and oxygen atoms in total. The van der Waals surface area contributed by atoms with Gasteiger partial charge in [-0.25, -0.2) is 5.43 Å². The zero-order valence-electron chi connectivity index (χ0n) is 14.5. The van der Waals surface area contributed by atoms with Crippen LogP contribution in [0.4, 0.5) is 0 Å². The van der Waals surface area contributed by atoms with Crippen molar-refractivity contribution in [1.29, 1.82) is 0 Å². The molecule has 0 saturated carbocycles. The van der Waals surface area contributed by atoms with Gasteiger partial charge in [-0.3, -0.25) is 4.79 Å². The Morgan fingerprint density at radius 1 is 1.35 bits per heavy atom. The number of amides is 1. The van der Waals surface area contributed by atoms with Crippen LogP contribution in [0.2, 0.25) is 5.02 Å². The first-order valence-corrected chi connectivity index (χ1v) is 9.31. The topological polar surface area (TPSA) is 59.9 Å². The molecule has 2 rings (SSSR count). The van der Waals surface area contributed by atoms with Crippen molar-refractivity contribution in [3.05, 3.63) is 57.5 Å². The molecule has 0 saturated heterocycles. The Kier molecular flexibility index (Phi) is 7.94. The molecule has 0 aliphatic carbocycles. The molecule has 0 unspecified atom stereocenters. The van der Waals surface area contributed by atoms with Crippen LogP contribution in [0.5, 0.6) is 11.5 Å². The summed E-state index contributed by atoms with van der Waals surface area (Å²) in [6.45, 7) is 3.90. The van der Waals surface area contributed by atoms with E-state index in [0.29, 0.717) is 16.5 Å². The quantitative estimate of drug-likeness (QED) is 0.474. The van der Waals surface area contributed by atoms with Gasteiger partial charge in [-0.2, -0.15) is 5.10 Å². The number of benzene rings is 2. The zero-order valence-corrected chi connectivity index (χ0v) is 16.9. The lowest BCUT2D eigenvalue weighted by Crippen LogP contribution is -2.24. The number of carbonyl (C=O) groups is 1. The minimum Gasteiger partial charge on any atom is -0.489 e. The molecule has 0 radical (unpaired) electrons. The number of hydrogen-bond acceptors (Lipinski definition) is 4. The van der Waals surface area contributed by atoms with Crippen LogP contribution in [0.15, 0.2) is 52.0 Å². The second-order valence-electron chi connectivity index (χ2n) is 5.57. The summed E-state index contributed by atoms with van der Waals surface area (Å²) < 4.78 is 12.0. The van der Waals surface area contributed by atoms with Crippen molar-refractivity contribution < 1.29 is 14.3 Å². The Bertz CT molecular complexity index is 783. The molecular weight excluding hydrogens is 420 g/mol. The zero-order chi connectivity index (χ0) is 18.9. The van der Waals surface area contributed by atoms with Crippen LogP contribution in [0.25, 0.3) is 0 Å². The summed E-state index contributed by atoms with van der Waals surface area (Å²) in [5.74, 6) is 0.871. The van der Waals surface area contributed by atoms with Gasteiger partial charge in [0.2, 0.25) is 0 Å². The summed E-state index contributed by atoms with van der Waals surface area (Å²) in [6.07, 6.45) is 2.50. The van der Waals surface area contributed by atoms with Crippen molar-refractivity contribution in [2.75, 3.05) is 6.61 Å². The number of hydrazone groups is 1. The second kappa shape index (κ2) is 10.2. The maximum absolute atomic E-state index is 11.8. The van der Waals surface area contributed by atoms with Gasteiger partial charge in [0.15, 0.2) is 6.61 Å². The molecule has 0 aliphatic heterocycles. The lowest BCUT2D eigenvalue weighted by atomic mass is 10.2. The molecular formula is C19H20BrClN2O3. The van der Waals surface area contributed by atoms with Crippen molar-refractivity contribution in [1.82, 2.24) is 5.43 Å². The molecule has 0 bridgehead atoms. The van der Waals surface area contributed by atoms with Crippen LogP contribution >= 0.6 is 27.5 Å². The van der Waals surface area contributed by atoms with Crippen molar-refractivity contribution in [3.63, 3.8) is 0 Å². The molecule has 0 aromatic heterocycles. The molecule has 26 heavy (non-hydrogen) atoms. The first-order chi connectivity index (χ1) is 12.5. The van der Waals surface area contributed by atoms with Gasteiger partial charge in [-0.1, -0.05) is 40.5 Å². The predicted octanol–water partition coefficient (Wildman–Crippen LogP) is 4.81. The predicted molar refractivity (Wildman–Crippen MR) is 107 cm³/mol. The number of rotatable bonds is 8. The number of nitrogens with zero attached hydrogens (tertiary/aromatic N) is 1. The Balaban J connectivity index is 1.83. The van der Waals surface area contributed by atoms with Gasteiger partial charge < -0.3 is 9.47 Å². The van der Waals surface area contributed by atoms with E-state index < -0.39 is 0 Å². The third-order valence-corrected chi connectivity index (χ3v) is 4.22. The maximum Gasteiger partial charge on any atom is 0.277 e. The number of halogens is 2. The highest BCUT2D eigenvalue weighted by Gasteiger charge is 2.06. The average molecular weight is 440 g/mol. The Morgan fingerprint density at radius 2 is 2.15 bits per heavy atom. The smallest absolute Gasteiger partial charge is 0.277 e. The number of nitrogens with one attached hydrogen (secondary N) is 1. The summed E-state index contributed by atoms with van der Waals surface area (Å²) in [5.41, 5.74) is 3.16.